The maximum absolute atomic E-state index is 10.9. The lowest BCUT2D eigenvalue weighted by Crippen LogP contribution is -2.82. The van der Waals surface area contributed by atoms with Crippen LogP contribution in [0, 0.1) is 0 Å². The maximum atomic E-state index is 10.9. The molecule has 0 aromatic rings. The van der Waals surface area contributed by atoms with E-state index in [0.717, 1.165) is 7.11 Å². The van der Waals surface area contributed by atoms with E-state index in [-0.39, 0.29) is 0 Å². The van der Waals surface area contributed by atoms with Gasteiger partial charge in [0.2, 0.25) is 0 Å². The number of hydrogen-bond donors (Lipinski definition) is 8. The van der Waals surface area contributed by atoms with Crippen LogP contribution in [0.2, 0.25) is 0 Å². The molecule has 0 radical (unpaired) electrons. The highest BCUT2D eigenvalue weighted by Crippen LogP contribution is 2.43. The molecule has 0 bridgehead atoms. The Balaban J connectivity index is 2.42. The second-order valence-electron chi connectivity index (χ2n) is 6.06. The Morgan fingerprint density at radius 3 is 2.12 bits per heavy atom. The van der Waals surface area contributed by atoms with Gasteiger partial charge >= 0.3 is 0 Å². The van der Waals surface area contributed by atoms with Crippen LogP contribution in [0.25, 0.3) is 0 Å². The summed E-state index contributed by atoms with van der Waals surface area (Å²) in [6.45, 7) is -2.38. The molecule has 11 heteroatoms. The number of hydrogen-bond acceptors (Lipinski definition) is 11. The first-order valence-corrected chi connectivity index (χ1v) is 7.37. The van der Waals surface area contributed by atoms with Gasteiger partial charge in [0, 0.05) is 7.11 Å². The highest BCUT2D eigenvalue weighted by Gasteiger charge is 2.70. The quantitative estimate of drug-likeness (QED) is 0.240. The van der Waals surface area contributed by atoms with Crippen molar-refractivity contribution in [2.45, 2.75) is 54.1 Å². The first kappa shape index (κ1) is 19.9. The topological polar surface area (TPSA) is 190 Å². The van der Waals surface area contributed by atoms with Crippen LogP contribution in [0.5, 0.6) is 0 Å². The highest BCUT2D eigenvalue weighted by atomic mass is 16.7. The summed E-state index contributed by atoms with van der Waals surface area (Å²) in [5.74, 6) is 0. The molecule has 2 heterocycles. The van der Waals surface area contributed by atoms with Crippen molar-refractivity contribution in [3.05, 3.63) is 0 Å². The monoisotopic (exact) mass is 356 g/mol. The highest BCUT2D eigenvalue weighted by molar-refractivity contribution is 5.18. The minimum absolute atomic E-state index is 0.663. The van der Waals surface area contributed by atoms with E-state index in [1.54, 1.807) is 0 Å². The van der Waals surface area contributed by atoms with Crippen molar-refractivity contribution in [3.63, 3.8) is 0 Å². The van der Waals surface area contributed by atoms with Crippen LogP contribution < -0.4 is 0 Å². The lowest BCUT2D eigenvalue weighted by molar-refractivity contribution is -0.389. The smallest absolute Gasteiger partial charge is 0.186 e. The molecule has 2 fully saturated rings. The molecular formula is C13H24O11. The van der Waals surface area contributed by atoms with Crippen molar-refractivity contribution < 1.29 is 55.1 Å². The molecule has 2 rings (SSSR count). The molecule has 8 N–H and O–H groups in total. The van der Waals surface area contributed by atoms with E-state index >= 15 is 0 Å². The second kappa shape index (κ2) is 7.05. The zero-order chi connectivity index (χ0) is 18.3. The molecule has 0 aromatic carbocycles. The summed E-state index contributed by atoms with van der Waals surface area (Å²) in [4.78, 5) is 0. The third-order valence-corrected chi connectivity index (χ3v) is 4.83. The van der Waals surface area contributed by atoms with Gasteiger partial charge in [-0.15, -0.1) is 0 Å². The maximum Gasteiger partial charge on any atom is 0.186 e. The van der Waals surface area contributed by atoms with E-state index < -0.39 is 73.9 Å². The van der Waals surface area contributed by atoms with Crippen molar-refractivity contribution in [2.75, 3.05) is 26.9 Å². The number of ether oxygens (including phenoxy) is 3. The molecule has 2 aliphatic heterocycles. The summed E-state index contributed by atoms with van der Waals surface area (Å²) in [7, 11) is 1.16. The molecule has 9 atom stereocenters. The van der Waals surface area contributed by atoms with Crippen LogP contribution in [0.4, 0.5) is 0 Å². The Morgan fingerprint density at radius 1 is 1.00 bits per heavy atom. The van der Waals surface area contributed by atoms with E-state index in [4.69, 9.17) is 19.3 Å². The molecule has 0 spiro atoms. The average molecular weight is 356 g/mol. The number of aliphatic hydroxyl groups is 8. The molecule has 0 unspecified atom stereocenters. The Morgan fingerprint density at radius 2 is 1.62 bits per heavy atom. The summed E-state index contributed by atoms with van der Waals surface area (Å²) in [6.07, 6.45) is -12.1. The predicted octanol–water partition coefficient (Wildman–Crippen LogP) is -5.35. The van der Waals surface area contributed by atoms with Crippen molar-refractivity contribution in [3.8, 4) is 0 Å². The van der Waals surface area contributed by atoms with Crippen molar-refractivity contribution in [2.24, 2.45) is 0 Å². The minimum Gasteiger partial charge on any atom is -0.394 e. The van der Waals surface area contributed by atoms with Gasteiger partial charge in [-0.25, -0.2) is 0 Å². The lowest BCUT2D eigenvalue weighted by Gasteiger charge is -2.57. The van der Waals surface area contributed by atoms with E-state index in [2.05, 4.69) is 0 Å². The van der Waals surface area contributed by atoms with Gasteiger partial charge in [-0.1, -0.05) is 0 Å². The van der Waals surface area contributed by atoms with Crippen LogP contribution in [-0.2, 0) is 14.2 Å². The van der Waals surface area contributed by atoms with Crippen molar-refractivity contribution in [1.29, 1.82) is 0 Å². The van der Waals surface area contributed by atoms with Gasteiger partial charge in [0.25, 0.3) is 0 Å². The molecule has 24 heavy (non-hydrogen) atoms. The third kappa shape index (κ3) is 2.66. The standard InChI is InChI=1S/C13H24O11/c1-22-11-8(17)10(19)13(21,6(3-15)24-11)12(20)4-23-5(2-14)7(16)9(12)18/h5-11,14-21H,2-4H2,1H3/t5-,6-,7-,8-,9+,10-,11+,12-,13-/m1/s1. The van der Waals surface area contributed by atoms with Crippen LogP contribution in [0.15, 0.2) is 0 Å². The molecule has 11 nitrogen and oxygen atoms in total. The fourth-order valence-electron chi connectivity index (χ4n) is 3.27. The largest absolute Gasteiger partial charge is 0.394 e. The summed E-state index contributed by atoms with van der Waals surface area (Å²) in [6, 6.07) is 0. The molecule has 2 saturated heterocycles. The summed E-state index contributed by atoms with van der Waals surface area (Å²) >= 11 is 0. The van der Waals surface area contributed by atoms with Gasteiger partial charge in [0.1, 0.15) is 36.6 Å². The SMILES string of the molecule is CO[C@H]1O[C@H](CO)[C@](O)([C@@]2(O)CO[C@H](CO)[C@@H](O)[C@@H]2O)[C@H](O)[C@H]1O. The Labute approximate surface area is 137 Å². The Hall–Kier alpha value is -0.440. The molecule has 0 saturated carbocycles. The van der Waals surface area contributed by atoms with E-state index in [0.29, 0.717) is 0 Å². The lowest BCUT2D eigenvalue weighted by atomic mass is 9.67. The fraction of sp³-hybridized carbons (Fsp3) is 1.00. The first-order valence-electron chi connectivity index (χ1n) is 7.37. The molecule has 142 valence electrons. The van der Waals surface area contributed by atoms with Crippen molar-refractivity contribution >= 4 is 0 Å². The van der Waals surface area contributed by atoms with Crippen LogP contribution in [-0.4, -0.2) is 122 Å². The predicted molar refractivity (Wildman–Crippen MR) is 73.5 cm³/mol. The second-order valence-corrected chi connectivity index (χ2v) is 6.06. The number of rotatable bonds is 4. The van der Waals surface area contributed by atoms with E-state index in [1.807, 2.05) is 0 Å². The zero-order valence-electron chi connectivity index (χ0n) is 13.0. The summed E-state index contributed by atoms with van der Waals surface area (Å²) in [5, 5.41) is 80.7. The fourth-order valence-corrected chi connectivity index (χ4v) is 3.27. The minimum atomic E-state index is -2.81. The van der Waals surface area contributed by atoms with Gasteiger partial charge < -0.3 is 55.1 Å². The first-order chi connectivity index (χ1) is 11.2. The zero-order valence-corrected chi connectivity index (χ0v) is 13.0. The number of aliphatic hydroxyl groups excluding tert-OH is 6. The van der Waals surface area contributed by atoms with Gasteiger partial charge in [0.05, 0.1) is 19.8 Å². The van der Waals surface area contributed by atoms with Crippen LogP contribution in [0.3, 0.4) is 0 Å². The molecule has 0 aromatic heterocycles. The Kier molecular flexibility index (Phi) is 5.84. The molecule has 0 amide bonds. The molecule has 2 aliphatic rings. The Bertz CT molecular complexity index is 432. The van der Waals surface area contributed by atoms with Crippen LogP contribution >= 0.6 is 0 Å². The van der Waals surface area contributed by atoms with Gasteiger partial charge in [-0.05, 0) is 0 Å². The summed E-state index contributed by atoms with van der Waals surface area (Å²) in [5.41, 5.74) is -5.53. The molecular weight excluding hydrogens is 332 g/mol. The summed E-state index contributed by atoms with van der Waals surface area (Å²) < 4.78 is 15.0. The van der Waals surface area contributed by atoms with Gasteiger partial charge in [0.15, 0.2) is 17.5 Å². The van der Waals surface area contributed by atoms with E-state index in [9.17, 15) is 35.7 Å². The van der Waals surface area contributed by atoms with E-state index in [1.165, 1.54) is 0 Å². The third-order valence-electron chi connectivity index (χ3n) is 4.83. The van der Waals surface area contributed by atoms with Gasteiger partial charge in [-0.2, -0.15) is 0 Å². The van der Waals surface area contributed by atoms with Crippen LogP contribution in [0.1, 0.15) is 0 Å². The average Bonchev–Trinajstić information content (AvgIpc) is 2.58. The molecule has 0 aliphatic carbocycles. The number of methoxy groups -OCH3 is 1. The van der Waals surface area contributed by atoms with Gasteiger partial charge in [-0.3, -0.25) is 0 Å². The van der Waals surface area contributed by atoms with Crippen molar-refractivity contribution in [1.82, 2.24) is 0 Å². The normalized spacial score (nSPS) is 53.1.